The van der Waals surface area contributed by atoms with Crippen molar-refractivity contribution in [1.82, 2.24) is 9.97 Å². The minimum atomic E-state index is -1.00. The van der Waals surface area contributed by atoms with Crippen LogP contribution < -0.4 is 0 Å². The Morgan fingerprint density at radius 3 is 2.94 bits per heavy atom. The molecule has 0 amide bonds. The average molecular weight is 230 g/mol. The molecule has 0 aromatic carbocycles. The van der Waals surface area contributed by atoms with Gasteiger partial charge < -0.3 is 5.11 Å². The summed E-state index contributed by atoms with van der Waals surface area (Å²) in [6.45, 7) is 0. The molecule has 0 fully saturated rings. The molecule has 3 heterocycles. The molecule has 1 N–H and O–H groups in total. The zero-order chi connectivity index (χ0) is 11.1. The highest BCUT2D eigenvalue weighted by molar-refractivity contribution is 7.25. The van der Waals surface area contributed by atoms with E-state index in [1.54, 1.807) is 18.5 Å². The molecule has 16 heavy (non-hydrogen) atoms. The van der Waals surface area contributed by atoms with Gasteiger partial charge in [-0.25, -0.2) is 9.78 Å². The van der Waals surface area contributed by atoms with E-state index in [0.29, 0.717) is 0 Å². The van der Waals surface area contributed by atoms with Crippen molar-refractivity contribution >= 4 is 37.6 Å². The molecular weight excluding hydrogens is 224 g/mol. The number of carboxylic acid groups (broad SMARTS) is 1. The van der Waals surface area contributed by atoms with Crippen LogP contribution >= 0.6 is 11.3 Å². The maximum absolute atomic E-state index is 10.8. The second-order valence-corrected chi connectivity index (χ2v) is 4.36. The molecule has 4 nitrogen and oxygen atoms in total. The number of fused-ring (bicyclic) bond motifs is 3. The van der Waals surface area contributed by atoms with Crippen molar-refractivity contribution in [3.05, 3.63) is 36.3 Å². The van der Waals surface area contributed by atoms with Crippen LogP contribution in [0.15, 0.2) is 30.6 Å². The molecule has 0 bridgehead atoms. The number of hydrogen-bond donors (Lipinski definition) is 1. The quantitative estimate of drug-likeness (QED) is 0.697. The molecule has 0 atom stereocenters. The first-order chi connectivity index (χ1) is 7.75. The van der Waals surface area contributed by atoms with Crippen LogP contribution in [0.2, 0.25) is 0 Å². The maximum Gasteiger partial charge on any atom is 0.354 e. The Bertz CT molecular complexity index is 705. The summed E-state index contributed by atoms with van der Waals surface area (Å²) in [5.74, 6) is -1.00. The van der Waals surface area contributed by atoms with Gasteiger partial charge in [-0.3, -0.25) is 4.98 Å². The van der Waals surface area contributed by atoms with Crippen molar-refractivity contribution in [1.29, 1.82) is 0 Å². The predicted molar refractivity (Wildman–Crippen MR) is 61.9 cm³/mol. The van der Waals surface area contributed by atoms with Gasteiger partial charge in [0.05, 0.1) is 4.70 Å². The van der Waals surface area contributed by atoms with E-state index in [2.05, 4.69) is 9.97 Å². The maximum atomic E-state index is 10.8. The highest BCUT2D eigenvalue weighted by atomic mass is 32.1. The van der Waals surface area contributed by atoms with E-state index in [-0.39, 0.29) is 5.69 Å². The second-order valence-electron chi connectivity index (χ2n) is 3.33. The Labute approximate surface area is 94.2 Å². The number of carbonyl (C=O) groups is 1. The highest BCUT2D eigenvalue weighted by Crippen LogP contribution is 2.31. The zero-order valence-corrected chi connectivity index (χ0v) is 8.86. The van der Waals surface area contributed by atoms with Crippen molar-refractivity contribution in [2.45, 2.75) is 0 Å². The molecule has 0 aliphatic carbocycles. The third-order valence-electron chi connectivity index (χ3n) is 2.36. The fourth-order valence-corrected chi connectivity index (χ4v) is 2.67. The van der Waals surface area contributed by atoms with Crippen molar-refractivity contribution in [3.8, 4) is 0 Å². The molecule has 0 unspecified atom stereocenters. The van der Waals surface area contributed by atoms with Crippen LogP contribution in [0, 0.1) is 0 Å². The molecule has 3 rings (SSSR count). The molecule has 0 spiro atoms. The first kappa shape index (κ1) is 9.23. The van der Waals surface area contributed by atoms with Crippen molar-refractivity contribution in [2.24, 2.45) is 0 Å². The number of rotatable bonds is 1. The Kier molecular flexibility index (Phi) is 1.87. The number of thiophene rings is 1. The lowest BCUT2D eigenvalue weighted by Gasteiger charge is -1.93. The van der Waals surface area contributed by atoms with Gasteiger partial charge in [0.25, 0.3) is 0 Å². The summed E-state index contributed by atoms with van der Waals surface area (Å²) in [5, 5.41) is 10.9. The average Bonchev–Trinajstić information content (AvgIpc) is 2.66. The van der Waals surface area contributed by atoms with Gasteiger partial charge in [-0.15, -0.1) is 11.3 Å². The third kappa shape index (κ3) is 1.25. The number of pyridine rings is 2. The molecule has 0 aliphatic heterocycles. The summed E-state index contributed by atoms with van der Waals surface area (Å²) in [6, 6.07) is 5.23. The van der Waals surface area contributed by atoms with E-state index >= 15 is 0 Å². The van der Waals surface area contributed by atoms with Gasteiger partial charge in [0.2, 0.25) is 0 Å². The standard InChI is InChI=1S/C11H6N2O2S/c14-11(15)8-2-1-7-6-3-4-12-5-9(6)16-10(7)13-8/h1-5H,(H,14,15). The second kappa shape index (κ2) is 3.24. The van der Waals surface area contributed by atoms with Gasteiger partial charge in [0, 0.05) is 23.2 Å². The van der Waals surface area contributed by atoms with Gasteiger partial charge in [0.15, 0.2) is 0 Å². The number of nitrogens with zero attached hydrogens (tertiary/aromatic N) is 2. The van der Waals surface area contributed by atoms with E-state index in [9.17, 15) is 4.79 Å². The molecule has 3 aromatic heterocycles. The predicted octanol–water partition coefficient (Wildman–Crippen LogP) is 2.54. The largest absolute Gasteiger partial charge is 0.477 e. The van der Waals surface area contributed by atoms with Gasteiger partial charge in [0.1, 0.15) is 10.5 Å². The smallest absolute Gasteiger partial charge is 0.354 e. The third-order valence-corrected chi connectivity index (χ3v) is 3.41. The van der Waals surface area contributed by atoms with Crippen molar-refractivity contribution < 1.29 is 9.90 Å². The van der Waals surface area contributed by atoms with Gasteiger partial charge in [-0.1, -0.05) is 0 Å². The van der Waals surface area contributed by atoms with Crippen LogP contribution in [0.5, 0.6) is 0 Å². The number of hydrogen-bond acceptors (Lipinski definition) is 4. The molecule has 0 aliphatic rings. The van der Waals surface area contributed by atoms with E-state index in [1.165, 1.54) is 17.4 Å². The first-order valence-corrected chi connectivity index (χ1v) is 5.44. The molecule has 0 saturated carbocycles. The Balaban J connectivity index is 2.41. The van der Waals surface area contributed by atoms with Crippen LogP contribution in [0.4, 0.5) is 0 Å². The van der Waals surface area contributed by atoms with Crippen LogP contribution in [-0.2, 0) is 0 Å². The van der Waals surface area contributed by atoms with E-state index in [4.69, 9.17) is 5.11 Å². The summed E-state index contributed by atoms with van der Waals surface area (Å²) >= 11 is 1.46. The Morgan fingerprint density at radius 1 is 1.25 bits per heavy atom. The molecule has 78 valence electrons. The molecule has 5 heteroatoms. The lowest BCUT2D eigenvalue weighted by atomic mass is 10.2. The van der Waals surface area contributed by atoms with Crippen LogP contribution in [0.25, 0.3) is 20.3 Å². The van der Waals surface area contributed by atoms with Crippen molar-refractivity contribution in [3.63, 3.8) is 0 Å². The van der Waals surface area contributed by atoms with Crippen LogP contribution in [0.1, 0.15) is 10.5 Å². The molecular formula is C11H6N2O2S. The van der Waals surface area contributed by atoms with Gasteiger partial charge in [-0.05, 0) is 18.2 Å². The number of carboxylic acids is 1. The minimum Gasteiger partial charge on any atom is -0.477 e. The number of aromatic carboxylic acids is 1. The van der Waals surface area contributed by atoms with E-state index in [1.807, 2.05) is 6.07 Å². The molecule has 0 radical (unpaired) electrons. The highest BCUT2D eigenvalue weighted by Gasteiger charge is 2.09. The monoisotopic (exact) mass is 230 g/mol. The fourth-order valence-electron chi connectivity index (χ4n) is 1.63. The molecule has 3 aromatic rings. The summed E-state index contributed by atoms with van der Waals surface area (Å²) in [6.07, 6.45) is 3.49. The minimum absolute atomic E-state index is 0.0759. The normalized spacial score (nSPS) is 11.0. The summed E-state index contributed by atoms with van der Waals surface area (Å²) in [7, 11) is 0. The summed E-state index contributed by atoms with van der Waals surface area (Å²) in [5.41, 5.74) is 0.0759. The molecule has 0 saturated heterocycles. The fraction of sp³-hybridized carbons (Fsp3) is 0. The van der Waals surface area contributed by atoms with Crippen LogP contribution in [0.3, 0.4) is 0 Å². The Hall–Kier alpha value is -2.01. The Morgan fingerprint density at radius 2 is 2.12 bits per heavy atom. The summed E-state index contributed by atoms with van der Waals surface area (Å²) in [4.78, 5) is 19.7. The van der Waals surface area contributed by atoms with Crippen LogP contribution in [-0.4, -0.2) is 21.0 Å². The van der Waals surface area contributed by atoms with Gasteiger partial charge in [-0.2, -0.15) is 0 Å². The number of aromatic nitrogens is 2. The zero-order valence-electron chi connectivity index (χ0n) is 8.04. The van der Waals surface area contributed by atoms with E-state index < -0.39 is 5.97 Å². The topological polar surface area (TPSA) is 63.1 Å². The first-order valence-electron chi connectivity index (χ1n) is 4.62. The SMILES string of the molecule is O=C(O)c1ccc2c(n1)sc1cnccc12. The lowest BCUT2D eigenvalue weighted by molar-refractivity contribution is 0.0691. The lowest BCUT2D eigenvalue weighted by Crippen LogP contribution is -1.98. The van der Waals surface area contributed by atoms with E-state index in [0.717, 1.165) is 20.3 Å². The van der Waals surface area contributed by atoms with Crippen molar-refractivity contribution in [2.75, 3.05) is 0 Å². The summed E-state index contributed by atoms with van der Waals surface area (Å²) < 4.78 is 1.02. The van der Waals surface area contributed by atoms with Gasteiger partial charge >= 0.3 is 5.97 Å².